The molecule has 0 aromatic heterocycles. The Kier molecular flexibility index (Phi) is 7.34. The third kappa shape index (κ3) is 5.38. The molecule has 1 aliphatic rings. The van der Waals surface area contributed by atoms with Crippen molar-refractivity contribution in [1.82, 2.24) is 0 Å². The summed E-state index contributed by atoms with van der Waals surface area (Å²) in [6.45, 7) is 0. The van der Waals surface area contributed by atoms with Gasteiger partial charge >= 0.3 is 5.97 Å². The molecule has 1 fully saturated rings. The maximum absolute atomic E-state index is 12.9. The standard InChI is InChI=1S/C23H11Cl4NO3S2/c24-13-3-7-16(18(26)10-13)22(30)31-15-5-1-12(2-6-15)9-20-21(29)28(23(32)33-20)14-4-8-17(25)19(27)11-14/h1-11H. The Bertz CT molecular complexity index is 1330. The summed E-state index contributed by atoms with van der Waals surface area (Å²) in [7, 11) is 0. The summed E-state index contributed by atoms with van der Waals surface area (Å²) in [5, 5.41) is 1.34. The number of benzene rings is 3. The fourth-order valence-corrected chi connectivity index (χ4v) is 4.99. The molecule has 0 saturated carbocycles. The van der Waals surface area contributed by atoms with Crippen LogP contribution >= 0.6 is 70.4 Å². The van der Waals surface area contributed by atoms with E-state index in [1.54, 1.807) is 54.6 Å². The zero-order valence-electron chi connectivity index (χ0n) is 16.4. The number of ether oxygens (including phenoxy) is 1. The van der Waals surface area contributed by atoms with E-state index in [1.165, 1.54) is 28.8 Å². The largest absolute Gasteiger partial charge is 0.423 e. The lowest BCUT2D eigenvalue weighted by Gasteiger charge is -2.15. The third-order valence-corrected chi connectivity index (χ3v) is 7.08. The molecule has 1 heterocycles. The van der Waals surface area contributed by atoms with Gasteiger partial charge in [-0.1, -0.05) is 82.5 Å². The molecular formula is C23H11Cl4NO3S2. The van der Waals surface area contributed by atoms with Gasteiger partial charge in [-0.2, -0.15) is 0 Å². The highest BCUT2D eigenvalue weighted by Crippen LogP contribution is 2.38. The van der Waals surface area contributed by atoms with Gasteiger partial charge in [-0.05, 0) is 60.2 Å². The molecule has 3 aromatic carbocycles. The first-order chi connectivity index (χ1) is 15.7. The van der Waals surface area contributed by atoms with E-state index in [-0.39, 0.29) is 16.5 Å². The number of thioether (sulfide) groups is 1. The van der Waals surface area contributed by atoms with Crippen LogP contribution < -0.4 is 9.64 Å². The van der Waals surface area contributed by atoms with E-state index in [2.05, 4.69) is 0 Å². The van der Waals surface area contributed by atoms with Crippen molar-refractivity contribution in [3.63, 3.8) is 0 Å². The number of hydrogen-bond donors (Lipinski definition) is 0. The number of anilines is 1. The maximum atomic E-state index is 12.9. The van der Waals surface area contributed by atoms with Gasteiger partial charge in [-0.25, -0.2) is 4.79 Å². The van der Waals surface area contributed by atoms with E-state index in [0.717, 1.165) is 5.56 Å². The SMILES string of the molecule is O=C(Oc1ccc(C=C2SC(=S)N(c3ccc(Cl)c(Cl)c3)C2=O)cc1)c1ccc(Cl)cc1Cl. The minimum absolute atomic E-state index is 0.202. The minimum atomic E-state index is -0.605. The number of amides is 1. The Morgan fingerprint density at radius 3 is 2.30 bits per heavy atom. The quantitative estimate of drug-likeness (QED) is 0.142. The molecule has 0 atom stereocenters. The molecule has 3 aromatic rings. The van der Waals surface area contributed by atoms with Gasteiger partial charge in [0.25, 0.3) is 5.91 Å². The van der Waals surface area contributed by atoms with Gasteiger partial charge in [0.1, 0.15) is 5.75 Å². The van der Waals surface area contributed by atoms with Crippen LogP contribution in [0, 0.1) is 0 Å². The van der Waals surface area contributed by atoms with Crippen LogP contribution in [0.5, 0.6) is 5.75 Å². The predicted molar refractivity (Wildman–Crippen MR) is 140 cm³/mol. The molecule has 0 bridgehead atoms. The van der Waals surface area contributed by atoms with Crippen molar-refractivity contribution in [3.05, 3.63) is 96.8 Å². The monoisotopic (exact) mass is 553 g/mol. The molecule has 1 saturated heterocycles. The second-order valence-corrected chi connectivity index (χ2v) is 10.0. The summed E-state index contributed by atoms with van der Waals surface area (Å²) >= 11 is 30.5. The first-order valence-electron chi connectivity index (χ1n) is 9.23. The molecule has 4 rings (SSSR count). The highest BCUT2D eigenvalue weighted by Gasteiger charge is 2.33. The lowest BCUT2D eigenvalue weighted by Crippen LogP contribution is -2.27. The number of rotatable bonds is 4. The minimum Gasteiger partial charge on any atom is -0.423 e. The maximum Gasteiger partial charge on any atom is 0.345 e. The average molecular weight is 555 g/mol. The highest BCUT2D eigenvalue weighted by atomic mass is 35.5. The van der Waals surface area contributed by atoms with Crippen molar-refractivity contribution >= 4 is 98.3 Å². The first kappa shape index (κ1) is 24.1. The van der Waals surface area contributed by atoms with Gasteiger partial charge < -0.3 is 4.74 Å². The number of carbonyl (C=O) groups is 2. The fourth-order valence-electron chi connectivity index (χ4n) is 2.91. The number of nitrogens with zero attached hydrogens (tertiary/aromatic N) is 1. The number of esters is 1. The Labute approximate surface area is 219 Å². The summed E-state index contributed by atoms with van der Waals surface area (Å²) in [5.74, 6) is -0.547. The Morgan fingerprint density at radius 1 is 0.909 bits per heavy atom. The number of thiocarbonyl (C=S) groups is 1. The molecule has 0 aliphatic carbocycles. The lowest BCUT2D eigenvalue weighted by atomic mass is 10.2. The van der Waals surface area contributed by atoms with E-state index >= 15 is 0 Å². The number of hydrogen-bond acceptors (Lipinski definition) is 5. The van der Waals surface area contributed by atoms with Crippen molar-refractivity contribution in [3.8, 4) is 5.75 Å². The van der Waals surface area contributed by atoms with Crippen LogP contribution in [0.1, 0.15) is 15.9 Å². The Balaban J connectivity index is 1.49. The predicted octanol–water partition coefficient (Wildman–Crippen LogP) is 7.93. The fraction of sp³-hybridized carbons (Fsp3) is 0. The van der Waals surface area contributed by atoms with Crippen molar-refractivity contribution in [2.45, 2.75) is 0 Å². The van der Waals surface area contributed by atoms with Crippen LogP contribution in [0.25, 0.3) is 6.08 Å². The number of carbonyl (C=O) groups excluding carboxylic acids is 2. The highest BCUT2D eigenvalue weighted by molar-refractivity contribution is 8.27. The lowest BCUT2D eigenvalue weighted by molar-refractivity contribution is -0.113. The molecule has 4 nitrogen and oxygen atoms in total. The molecule has 1 amide bonds. The van der Waals surface area contributed by atoms with Crippen LogP contribution in [-0.4, -0.2) is 16.2 Å². The zero-order valence-corrected chi connectivity index (χ0v) is 21.0. The van der Waals surface area contributed by atoms with E-state index in [4.69, 9.17) is 63.4 Å². The number of halogens is 4. The Hall–Kier alpha value is -2.06. The van der Waals surface area contributed by atoms with Gasteiger partial charge in [0.05, 0.1) is 31.2 Å². The van der Waals surface area contributed by atoms with Crippen LogP contribution in [0.4, 0.5) is 5.69 Å². The van der Waals surface area contributed by atoms with Crippen molar-refractivity contribution in [2.24, 2.45) is 0 Å². The van der Waals surface area contributed by atoms with Crippen LogP contribution in [0.2, 0.25) is 20.1 Å². The van der Waals surface area contributed by atoms with Gasteiger partial charge in [-0.3, -0.25) is 9.69 Å². The van der Waals surface area contributed by atoms with Gasteiger partial charge in [0, 0.05) is 5.02 Å². The Morgan fingerprint density at radius 2 is 1.64 bits per heavy atom. The first-order valence-corrected chi connectivity index (χ1v) is 12.0. The smallest absolute Gasteiger partial charge is 0.345 e. The van der Waals surface area contributed by atoms with Crippen LogP contribution in [0.3, 0.4) is 0 Å². The van der Waals surface area contributed by atoms with Gasteiger partial charge in [0.2, 0.25) is 0 Å². The molecule has 0 unspecified atom stereocenters. The average Bonchev–Trinajstić information content (AvgIpc) is 3.04. The van der Waals surface area contributed by atoms with Gasteiger partial charge in [-0.15, -0.1) is 0 Å². The van der Waals surface area contributed by atoms with E-state index in [1.807, 2.05) is 0 Å². The molecule has 0 N–H and O–H groups in total. The molecule has 166 valence electrons. The topological polar surface area (TPSA) is 46.6 Å². The van der Waals surface area contributed by atoms with Crippen molar-refractivity contribution < 1.29 is 14.3 Å². The van der Waals surface area contributed by atoms with Crippen LogP contribution in [0.15, 0.2) is 65.6 Å². The van der Waals surface area contributed by atoms with Crippen LogP contribution in [-0.2, 0) is 4.79 Å². The molecule has 0 radical (unpaired) electrons. The van der Waals surface area contributed by atoms with Crippen molar-refractivity contribution in [2.75, 3.05) is 4.90 Å². The summed E-state index contributed by atoms with van der Waals surface area (Å²) in [6, 6.07) is 16.1. The molecule has 33 heavy (non-hydrogen) atoms. The second kappa shape index (κ2) is 10.1. The molecule has 10 heteroatoms. The summed E-state index contributed by atoms with van der Waals surface area (Å²) in [4.78, 5) is 27.1. The van der Waals surface area contributed by atoms with E-state index in [0.29, 0.717) is 35.7 Å². The zero-order chi connectivity index (χ0) is 23.7. The van der Waals surface area contributed by atoms with E-state index < -0.39 is 5.97 Å². The normalized spacial score (nSPS) is 14.8. The molecule has 0 spiro atoms. The summed E-state index contributed by atoms with van der Waals surface area (Å²) in [6.07, 6.45) is 1.71. The third-order valence-electron chi connectivity index (χ3n) is 4.49. The van der Waals surface area contributed by atoms with Crippen molar-refractivity contribution in [1.29, 1.82) is 0 Å². The molecular weight excluding hydrogens is 544 g/mol. The van der Waals surface area contributed by atoms with Gasteiger partial charge in [0.15, 0.2) is 4.32 Å². The second-order valence-electron chi connectivity index (χ2n) is 6.70. The summed E-state index contributed by atoms with van der Waals surface area (Å²) < 4.78 is 5.75. The molecule has 1 aliphatic heterocycles. The van der Waals surface area contributed by atoms with E-state index in [9.17, 15) is 9.59 Å². The summed E-state index contributed by atoms with van der Waals surface area (Å²) in [5.41, 5.74) is 1.48.